The number of nitrogens with zero attached hydrogens (tertiary/aromatic N) is 1. The van der Waals surface area contributed by atoms with Gasteiger partial charge in [0.25, 0.3) is 0 Å². The molecular formula is C23H25NO7. The molecule has 0 spiro atoms. The third kappa shape index (κ3) is 4.34. The molecule has 31 heavy (non-hydrogen) atoms. The summed E-state index contributed by atoms with van der Waals surface area (Å²) in [4.78, 5) is 4.34. The van der Waals surface area contributed by atoms with Gasteiger partial charge in [-0.15, -0.1) is 0 Å². The number of fused-ring (bicyclic) bond motifs is 1. The van der Waals surface area contributed by atoms with E-state index in [1.54, 1.807) is 18.3 Å². The minimum atomic E-state index is -1.50. The lowest BCUT2D eigenvalue weighted by atomic mass is 9.99. The van der Waals surface area contributed by atoms with Gasteiger partial charge < -0.3 is 34.6 Å². The molecule has 0 saturated carbocycles. The van der Waals surface area contributed by atoms with Gasteiger partial charge in [-0.3, -0.25) is 4.98 Å². The lowest BCUT2D eigenvalue weighted by Crippen LogP contribution is -2.60. The third-order valence-electron chi connectivity index (χ3n) is 5.37. The SMILES string of the molecule is Cc1cc(OC2OC(CO)C(O)C(O)C2O)c(C)cc1Oc1ccc2cccnc2c1. The van der Waals surface area contributed by atoms with Crippen LogP contribution in [-0.2, 0) is 4.74 Å². The van der Waals surface area contributed by atoms with Crippen LogP contribution in [0.25, 0.3) is 10.9 Å². The number of aliphatic hydroxyl groups excluding tert-OH is 4. The Kier molecular flexibility index (Phi) is 6.08. The van der Waals surface area contributed by atoms with Gasteiger partial charge in [0.15, 0.2) is 0 Å². The lowest BCUT2D eigenvalue weighted by Gasteiger charge is -2.39. The number of ether oxygens (including phenoxy) is 3. The highest BCUT2D eigenvalue weighted by atomic mass is 16.7. The van der Waals surface area contributed by atoms with Crippen LogP contribution in [0.1, 0.15) is 11.1 Å². The van der Waals surface area contributed by atoms with Crippen LogP contribution in [0, 0.1) is 13.8 Å². The molecule has 8 heteroatoms. The van der Waals surface area contributed by atoms with Crippen LogP contribution < -0.4 is 9.47 Å². The molecule has 4 rings (SSSR count). The number of hydrogen-bond acceptors (Lipinski definition) is 8. The average Bonchev–Trinajstić information content (AvgIpc) is 2.77. The number of benzene rings is 2. The molecule has 8 nitrogen and oxygen atoms in total. The Balaban J connectivity index is 1.54. The fourth-order valence-electron chi connectivity index (χ4n) is 3.53. The van der Waals surface area contributed by atoms with Gasteiger partial charge in [0.2, 0.25) is 6.29 Å². The van der Waals surface area contributed by atoms with Gasteiger partial charge in [0, 0.05) is 17.6 Å². The molecule has 4 N–H and O–H groups in total. The van der Waals surface area contributed by atoms with Crippen LogP contribution in [0.15, 0.2) is 48.7 Å². The second kappa shape index (κ2) is 8.78. The van der Waals surface area contributed by atoms with Crippen molar-refractivity contribution in [2.45, 2.75) is 44.6 Å². The van der Waals surface area contributed by atoms with Gasteiger partial charge in [0.1, 0.15) is 41.7 Å². The van der Waals surface area contributed by atoms with Crippen LogP contribution in [0.2, 0.25) is 0 Å². The molecule has 2 aromatic carbocycles. The first kappa shape index (κ1) is 21.5. The Bertz CT molecular complexity index is 1070. The molecule has 2 heterocycles. The van der Waals surface area contributed by atoms with Crippen molar-refractivity contribution in [3.8, 4) is 17.2 Å². The normalized spacial score (nSPS) is 26.1. The minimum absolute atomic E-state index is 0.425. The van der Waals surface area contributed by atoms with Crippen LogP contribution in [-0.4, -0.2) is 62.7 Å². The Morgan fingerprint density at radius 2 is 1.68 bits per heavy atom. The summed E-state index contributed by atoms with van der Waals surface area (Å²) in [6.45, 7) is 3.15. The Morgan fingerprint density at radius 1 is 0.935 bits per heavy atom. The first-order valence-corrected chi connectivity index (χ1v) is 9.98. The van der Waals surface area contributed by atoms with Crippen molar-refractivity contribution < 1.29 is 34.6 Å². The zero-order valence-electron chi connectivity index (χ0n) is 17.2. The summed E-state index contributed by atoms with van der Waals surface area (Å²) in [5.74, 6) is 1.71. The van der Waals surface area contributed by atoms with Crippen molar-refractivity contribution in [3.63, 3.8) is 0 Å². The molecule has 0 amide bonds. The maximum atomic E-state index is 10.2. The largest absolute Gasteiger partial charge is 0.462 e. The van der Waals surface area contributed by atoms with Gasteiger partial charge in [-0.2, -0.15) is 0 Å². The standard InChI is InChI=1S/C23H25NO7/c1-12-9-18(30-23-22(28)21(27)20(26)19(11-25)31-23)13(2)8-17(12)29-15-6-5-14-4-3-7-24-16(14)10-15/h3-10,19-23,25-28H,11H2,1-2H3. The molecule has 0 aliphatic carbocycles. The predicted molar refractivity (Wildman–Crippen MR) is 112 cm³/mol. The van der Waals surface area contributed by atoms with Crippen LogP contribution >= 0.6 is 0 Å². The van der Waals surface area contributed by atoms with Crippen molar-refractivity contribution in [2.24, 2.45) is 0 Å². The highest BCUT2D eigenvalue weighted by molar-refractivity contribution is 5.79. The molecule has 0 bridgehead atoms. The molecule has 1 saturated heterocycles. The van der Waals surface area contributed by atoms with Gasteiger partial charge in [0.05, 0.1) is 12.1 Å². The van der Waals surface area contributed by atoms with E-state index in [9.17, 15) is 20.4 Å². The highest BCUT2D eigenvalue weighted by Crippen LogP contribution is 2.34. The summed E-state index contributed by atoms with van der Waals surface area (Å²) >= 11 is 0. The Labute approximate surface area is 179 Å². The summed E-state index contributed by atoms with van der Waals surface area (Å²) in [6.07, 6.45) is -4.96. The van der Waals surface area contributed by atoms with Gasteiger partial charge in [-0.1, -0.05) is 6.07 Å². The lowest BCUT2D eigenvalue weighted by molar-refractivity contribution is -0.277. The van der Waals surface area contributed by atoms with Crippen LogP contribution in [0.3, 0.4) is 0 Å². The molecule has 164 valence electrons. The summed E-state index contributed by atoms with van der Waals surface area (Å²) in [5, 5.41) is 40.4. The molecule has 1 aliphatic heterocycles. The van der Waals surface area contributed by atoms with Crippen molar-refractivity contribution in [1.29, 1.82) is 0 Å². The number of pyridine rings is 1. The first-order chi connectivity index (χ1) is 14.9. The monoisotopic (exact) mass is 427 g/mol. The van der Waals surface area contributed by atoms with Crippen LogP contribution in [0.5, 0.6) is 17.2 Å². The van der Waals surface area contributed by atoms with E-state index < -0.39 is 37.3 Å². The molecule has 3 aromatic rings. The maximum absolute atomic E-state index is 10.2. The van der Waals surface area contributed by atoms with E-state index >= 15 is 0 Å². The third-order valence-corrected chi connectivity index (χ3v) is 5.37. The maximum Gasteiger partial charge on any atom is 0.229 e. The van der Waals surface area contributed by atoms with E-state index in [1.165, 1.54) is 0 Å². The van der Waals surface area contributed by atoms with Crippen molar-refractivity contribution in [2.75, 3.05) is 6.61 Å². The second-order valence-electron chi connectivity index (χ2n) is 7.66. The zero-order chi connectivity index (χ0) is 22.1. The van der Waals surface area contributed by atoms with E-state index in [-0.39, 0.29) is 0 Å². The molecule has 5 atom stereocenters. The summed E-state index contributed by atoms with van der Waals surface area (Å²) in [5.41, 5.74) is 2.33. The second-order valence-corrected chi connectivity index (χ2v) is 7.66. The molecule has 1 aliphatic rings. The first-order valence-electron chi connectivity index (χ1n) is 9.98. The summed E-state index contributed by atoms with van der Waals surface area (Å²) in [7, 11) is 0. The summed E-state index contributed by atoms with van der Waals surface area (Å²) in [6, 6.07) is 13.1. The zero-order valence-corrected chi connectivity index (χ0v) is 17.2. The van der Waals surface area contributed by atoms with Gasteiger partial charge >= 0.3 is 0 Å². The van der Waals surface area contributed by atoms with E-state index in [1.807, 2.05) is 44.2 Å². The minimum Gasteiger partial charge on any atom is -0.462 e. The number of rotatable bonds is 5. The fraction of sp³-hybridized carbons (Fsp3) is 0.348. The summed E-state index contributed by atoms with van der Waals surface area (Å²) < 4.78 is 17.2. The average molecular weight is 427 g/mol. The van der Waals surface area contributed by atoms with Crippen molar-refractivity contribution in [3.05, 3.63) is 59.8 Å². The van der Waals surface area contributed by atoms with Crippen LogP contribution in [0.4, 0.5) is 0 Å². The van der Waals surface area contributed by atoms with Gasteiger partial charge in [-0.25, -0.2) is 0 Å². The molecule has 5 unspecified atom stereocenters. The van der Waals surface area contributed by atoms with Crippen molar-refractivity contribution >= 4 is 10.9 Å². The number of aromatic nitrogens is 1. The topological polar surface area (TPSA) is 122 Å². The molecule has 0 radical (unpaired) electrons. The quantitative estimate of drug-likeness (QED) is 0.487. The number of aliphatic hydroxyl groups is 4. The predicted octanol–water partition coefficient (Wildman–Crippen LogP) is 1.82. The molecular weight excluding hydrogens is 402 g/mol. The number of hydrogen-bond donors (Lipinski definition) is 4. The molecule has 1 aromatic heterocycles. The molecule has 1 fully saturated rings. The van der Waals surface area contributed by atoms with Gasteiger partial charge in [-0.05, 0) is 55.3 Å². The van der Waals surface area contributed by atoms with E-state index in [0.29, 0.717) is 17.2 Å². The Hall–Kier alpha value is -2.75. The Morgan fingerprint density at radius 3 is 2.45 bits per heavy atom. The van der Waals surface area contributed by atoms with E-state index in [2.05, 4.69) is 4.98 Å². The van der Waals surface area contributed by atoms with Crippen molar-refractivity contribution in [1.82, 2.24) is 4.98 Å². The highest BCUT2D eigenvalue weighted by Gasteiger charge is 2.44. The van der Waals surface area contributed by atoms with E-state index in [0.717, 1.165) is 22.0 Å². The smallest absolute Gasteiger partial charge is 0.229 e. The number of aryl methyl sites for hydroxylation is 2. The fourth-order valence-corrected chi connectivity index (χ4v) is 3.53. The van der Waals surface area contributed by atoms with E-state index in [4.69, 9.17) is 14.2 Å².